The Morgan fingerprint density at radius 2 is 1.65 bits per heavy atom. The first-order valence-corrected chi connectivity index (χ1v) is 11.0. The van der Waals surface area contributed by atoms with Gasteiger partial charge in [0.15, 0.2) is 0 Å². The zero-order valence-electron chi connectivity index (χ0n) is 17.2. The topological polar surface area (TPSA) is 20.2 Å². The van der Waals surface area contributed by atoms with Gasteiger partial charge in [0.25, 0.3) is 0 Å². The monoisotopic (exact) mass is 356 g/mol. The predicted octanol–water partition coefficient (Wildman–Crippen LogP) is 7.05. The second-order valence-electron chi connectivity index (χ2n) is 8.70. The summed E-state index contributed by atoms with van der Waals surface area (Å²) in [7, 11) is 0. The molecule has 1 heteroatoms. The molecule has 0 bridgehead atoms. The molecular formula is C25H40O. The minimum absolute atomic E-state index is 0.199. The van der Waals surface area contributed by atoms with Crippen LogP contribution < -0.4 is 0 Å². The van der Waals surface area contributed by atoms with Crippen LogP contribution in [0.3, 0.4) is 0 Å². The van der Waals surface area contributed by atoms with Crippen molar-refractivity contribution in [3.05, 3.63) is 47.5 Å². The zero-order chi connectivity index (χ0) is 18.8. The van der Waals surface area contributed by atoms with Gasteiger partial charge >= 0.3 is 0 Å². The molecule has 1 fully saturated rings. The van der Waals surface area contributed by atoms with Gasteiger partial charge < -0.3 is 5.11 Å². The first kappa shape index (κ1) is 21.2. The molecule has 0 radical (unpaired) electrons. The average Bonchev–Trinajstić information content (AvgIpc) is 2.66. The van der Waals surface area contributed by atoms with Crippen molar-refractivity contribution in [2.75, 3.05) is 6.61 Å². The fourth-order valence-corrected chi connectivity index (χ4v) is 4.53. The number of hydrogen-bond donors (Lipinski definition) is 1. The van der Waals surface area contributed by atoms with Crippen molar-refractivity contribution in [2.24, 2.45) is 11.8 Å². The van der Waals surface area contributed by atoms with Gasteiger partial charge in [-0.25, -0.2) is 0 Å². The van der Waals surface area contributed by atoms with Gasteiger partial charge in [0.05, 0.1) is 6.61 Å². The maximum atomic E-state index is 9.62. The molecule has 1 aliphatic rings. The predicted molar refractivity (Wildman–Crippen MR) is 114 cm³/mol. The maximum Gasteiger partial charge on any atom is 0.0502 e. The van der Waals surface area contributed by atoms with E-state index in [1.165, 1.54) is 75.3 Å². The molecule has 1 aromatic rings. The Balaban J connectivity index is 1.72. The molecule has 0 saturated heterocycles. The minimum atomic E-state index is 0.199. The van der Waals surface area contributed by atoms with E-state index >= 15 is 0 Å². The van der Waals surface area contributed by atoms with E-state index in [1.54, 1.807) is 0 Å². The quantitative estimate of drug-likeness (QED) is 0.333. The summed E-state index contributed by atoms with van der Waals surface area (Å²) in [6, 6.07) is 8.97. The van der Waals surface area contributed by atoms with Crippen molar-refractivity contribution in [1.82, 2.24) is 0 Å². The van der Waals surface area contributed by atoms with Crippen molar-refractivity contribution in [3.8, 4) is 0 Å². The lowest BCUT2D eigenvalue weighted by atomic mass is 9.77. The summed E-state index contributed by atoms with van der Waals surface area (Å²) < 4.78 is 0. The lowest BCUT2D eigenvalue weighted by Crippen LogP contribution is -2.15. The summed E-state index contributed by atoms with van der Waals surface area (Å²) in [6.07, 6.45) is 14.9. The van der Waals surface area contributed by atoms with Crippen LogP contribution in [0.25, 0.3) is 0 Å². The standard InChI is InChI=1S/C25H40O/c1-4-5-6-7-21-8-10-22(11-9-21)12-13-23-14-16-24(17-15-23)25(19-26)18-20(2)3/h14-17,21-22,25-26H,2,4-13,18-19H2,1,3H3. The summed E-state index contributed by atoms with van der Waals surface area (Å²) in [6.45, 7) is 8.52. The second kappa shape index (κ2) is 11.6. The Bertz CT molecular complexity index is 507. The van der Waals surface area contributed by atoms with E-state index in [1.807, 2.05) is 6.92 Å². The van der Waals surface area contributed by atoms with Gasteiger partial charge in [0.1, 0.15) is 0 Å². The number of allylic oxidation sites excluding steroid dienone is 1. The molecular weight excluding hydrogens is 316 g/mol. The summed E-state index contributed by atoms with van der Waals surface area (Å²) in [4.78, 5) is 0. The van der Waals surface area contributed by atoms with Crippen LogP contribution in [0.4, 0.5) is 0 Å². The van der Waals surface area contributed by atoms with Crippen LogP contribution in [0, 0.1) is 11.8 Å². The Morgan fingerprint density at radius 1 is 1.04 bits per heavy atom. The molecule has 0 aromatic heterocycles. The SMILES string of the molecule is C=C(C)CC(CO)c1ccc(CCC2CCC(CCCCC)CC2)cc1. The van der Waals surface area contributed by atoms with Gasteiger partial charge in [-0.1, -0.05) is 88.1 Å². The first-order chi connectivity index (χ1) is 12.6. The highest BCUT2D eigenvalue weighted by Gasteiger charge is 2.20. The molecule has 1 N–H and O–H groups in total. The molecule has 1 aliphatic carbocycles. The third-order valence-electron chi connectivity index (χ3n) is 6.29. The van der Waals surface area contributed by atoms with Gasteiger partial charge in [-0.3, -0.25) is 0 Å². The summed E-state index contributed by atoms with van der Waals surface area (Å²) in [5.74, 6) is 2.15. The second-order valence-corrected chi connectivity index (χ2v) is 8.70. The number of rotatable bonds is 11. The number of benzene rings is 1. The highest BCUT2D eigenvalue weighted by molar-refractivity contribution is 5.26. The molecule has 1 atom stereocenters. The van der Waals surface area contributed by atoms with Crippen molar-refractivity contribution >= 4 is 0 Å². The van der Waals surface area contributed by atoms with Gasteiger partial charge in [0.2, 0.25) is 0 Å². The Morgan fingerprint density at radius 3 is 2.19 bits per heavy atom. The largest absolute Gasteiger partial charge is 0.396 e. The van der Waals surface area contributed by atoms with Crippen LogP contribution in [0.2, 0.25) is 0 Å². The molecule has 1 aromatic carbocycles. The van der Waals surface area contributed by atoms with Gasteiger partial charge in [-0.2, -0.15) is 0 Å². The first-order valence-electron chi connectivity index (χ1n) is 11.0. The average molecular weight is 357 g/mol. The molecule has 0 heterocycles. The van der Waals surface area contributed by atoms with Crippen LogP contribution in [0.15, 0.2) is 36.4 Å². The maximum absolute atomic E-state index is 9.62. The molecule has 26 heavy (non-hydrogen) atoms. The van der Waals surface area contributed by atoms with Gasteiger partial charge in [-0.15, -0.1) is 6.58 Å². The van der Waals surface area contributed by atoms with E-state index in [-0.39, 0.29) is 12.5 Å². The lowest BCUT2D eigenvalue weighted by Gasteiger charge is -2.28. The zero-order valence-corrected chi connectivity index (χ0v) is 17.2. The summed E-state index contributed by atoms with van der Waals surface area (Å²) in [5.41, 5.74) is 3.83. The number of unbranched alkanes of at least 4 members (excludes halogenated alkanes) is 2. The molecule has 146 valence electrons. The number of hydrogen-bond acceptors (Lipinski definition) is 1. The van der Waals surface area contributed by atoms with Gasteiger partial charge in [-0.05, 0) is 49.1 Å². The van der Waals surface area contributed by atoms with E-state index in [0.29, 0.717) is 0 Å². The van der Waals surface area contributed by atoms with Crippen LogP contribution in [0.1, 0.15) is 95.1 Å². The van der Waals surface area contributed by atoms with E-state index in [2.05, 4.69) is 37.8 Å². The normalized spacial score (nSPS) is 21.5. The molecule has 1 nitrogen and oxygen atoms in total. The Labute approximate surface area is 161 Å². The number of aliphatic hydroxyl groups is 1. The van der Waals surface area contributed by atoms with E-state index in [4.69, 9.17) is 0 Å². The van der Waals surface area contributed by atoms with E-state index in [9.17, 15) is 5.11 Å². The number of aryl methyl sites for hydroxylation is 1. The highest BCUT2D eigenvalue weighted by atomic mass is 16.3. The Kier molecular flexibility index (Phi) is 9.46. The van der Waals surface area contributed by atoms with Crippen LogP contribution >= 0.6 is 0 Å². The molecule has 2 rings (SSSR count). The lowest BCUT2D eigenvalue weighted by molar-refractivity contribution is 0.249. The van der Waals surface area contributed by atoms with Crippen LogP contribution in [0.5, 0.6) is 0 Å². The van der Waals surface area contributed by atoms with E-state index < -0.39 is 0 Å². The fourth-order valence-electron chi connectivity index (χ4n) is 4.53. The van der Waals surface area contributed by atoms with Crippen molar-refractivity contribution in [3.63, 3.8) is 0 Å². The Hall–Kier alpha value is -1.08. The van der Waals surface area contributed by atoms with Crippen molar-refractivity contribution in [2.45, 2.75) is 90.4 Å². The summed E-state index contributed by atoms with van der Waals surface area (Å²) >= 11 is 0. The van der Waals surface area contributed by atoms with E-state index in [0.717, 1.165) is 23.8 Å². The third kappa shape index (κ3) is 7.27. The van der Waals surface area contributed by atoms with Gasteiger partial charge in [0, 0.05) is 5.92 Å². The molecule has 1 unspecified atom stereocenters. The minimum Gasteiger partial charge on any atom is -0.396 e. The van der Waals surface area contributed by atoms with Crippen LogP contribution in [-0.4, -0.2) is 11.7 Å². The molecule has 0 amide bonds. The van der Waals surface area contributed by atoms with Crippen molar-refractivity contribution < 1.29 is 5.11 Å². The summed E-state index contributed by atoms with van der Waals surface area (Å²) in [5, 5.41) is 9.62. The smallest absolute Gasteiger partial charge is 0.0502 e. The number of aliphatic hydroxyl groups excluding tert-OH is 1. The molecule has 1 saturated carbocycles. The molecule has 0 spiro atoms. The van der Waals surface area contributed by atoms with Crippen molar-refractivity contribution in [1.29, 1.82) is 0 Å². The van der Waals surface area contributed by atoms with Crippen LogP contribution in [-0.2, 0) is 6.42 Å². The highest BCUT2D eigenvalue weighted by Crippen LogP contribution is 2.34. The third-order valence-corrected chi connectivity index (χ3v) is 6.29. The fraction of sp³-hybridized carbons (Fsp3) is 0.680. The molecule has 0 aliphatic heterocycles.